The smallest absolute Gasteiger partial charge is 0.262 e. The number of rotatable bonds is 8. The van der Waals surface area contributed by atoms with Crippen LogP contribution in [0.15, 0.2) is 42.5 Å². The molecule has 0 unspecified atom stereocenters. The van der Waals surface area contributed by atoms with Gasteiger partial charge in [-0.3, -0.25) is 14.4 Å². The third-order valence-electron chi connectivity index (χ3n) is 4.95. The van der Waals surface area contributed by atoms with Crippen molar-refractivity contribution in [2.75, 3.05) is 19.0 Å². The van der Waals surface area contributed by atoms with Gasteiger partial charge in [0.15, 0.2) is 6.61 Å². The van der Waals surface area contributed by atoms with Crippen LogP contribution in [-0.4, -0.2) is 37.5 Å². The summed E-state index contributed by atoms with van der Waals surface area (Å²) in [6, 6.07) is 11.5. The Morgan fingerprint density at radius 1 is 1.07 bits per heavy atom. The Balaban J connectivity index is 1.64. The van der Waals surface area contributed by atoms with Crippen molar-refractivity contribution < 1.29 is 23.9 Å². The zero-order valence-electron chi connectivity index (χ0n) is 16.8. The van der Waals surface area contributed by atoms with Crippen molar-refractivity contribution in [1.82, 2.24) is 5.32 Å². The van der Waals surface area contributed by atoms with Crippen molar-refractivity contribution in [2.45, 2.75) is 31.7 Å². The molecule has 2 aromatic carbocycles. The predicted molar refractivity (Wildman–Crippen MR) is 112 cm³/mol. The van der Waals surface area contributed by atoms with E-state index in [9.17, 15) is 14.4 Å². The van der Waals surface area contributed by atoms with Crippen molar-refractivity contribution in [2.24, 2.45) is 5.73 Å². The highest BCUT2D eigenvalue weighted by atomic mass is 16.5. The Bertz CT molecular complexity index is 938. The minimum absolute atomic E-state index is 0.110. The van der Waals surface area contributed by atoms with Gasteiger partial charge in [-0.05, 0) is 43.2 Å². The summed E-state index contributed by atoms with van der Waals surface area (Å²) in [4.78, 5) is 36.6. The highest BCUT2D eigenvalue weighted by molar-refractivity contribution is 6.04. The Hall–Kier alpha value is -3.55. The number of carbonyl (C=O) groups is 3. The minimum atomic E-state index is -0.696. The number of hydrogen-bond donors (Lipinski definition) is 3. The molecule has 0 heterocycles. The standard InChI is InChI=1S/C22H25N3O5/c1-29-15-10-11-19(17(12-15)21(23)27)30-13-20(26)25-18-9-5-4-8-16(18)22(28)24-14-6-2-3-7-14/h4-5,8-12,14H,2-3,6-7,13H2,1H3,(H2,23,27)(H,24,28)(H,25,26). The van der Waals surface area contributed by atoms with Gasteiger partial charge in [-0.1, -0.05) is 25.0 Å². The molecule has 1 aliphatic carbocycles. The third-order valence-corrected chi connectivity index (χ3v) is 4.95. The molecule has 158 valence electrons. The van der Waals surface area contributed by atoms with Crippen LogP contribution >= 0.6 is 0 Å². The van der Waals surface area contributed by atoms with Crippen molar-refractivity contribution in [3.63, 3.8) is 0 Å². The van der Waals surface area contributed by atoms with Crippen molar-refractivity contribution in [3.05, 3.63) is 53.6 Å². The van der Waals surface area contributed by atoms with Crippen LogP contribution in [0.5, 0.6) is 11.5 Å². The van der Waals surface area contributed by atoms with Crippen LogP contribution in [0.25, 0.3) is 0 Å². The number of benzene rings is 2. The van der Waals surface area contributed by atoms with E-state index in [4.69, 9.17) is 15.2 Å². The van der Waals surface area contributed by atoms with Crippen LogP contribution < -0.4 is 25.8 Å². The molecule has 0 spiro atoms. The van der Waals surface area contributed by atoms with Gasteiger partial charge in [0.1, 0.15) is 11.5 Å². The molecule has 0 bridgehead atoms. The first-order valence-corrected chi connectivity index (χ1v) is 9.78. The molecule has 1 aliphatic rings. The summed E-state index contributed by atoms with van der Waals surface area (Å²) < 4.78 is 10.5. The fourth-order valence-electron chi connectivity index (χ4n) is 3.41. The molecular formula is C22H25N3O5. The van der Waals surface area contributed by atoms with E-state index in [1.54, 1.807) is 30.3 Å². The van der Waals surface area contributed by atoms with Gasteiger partial charge in [-0.25, -0.2) is 0 Å². The largest absolute Gasteiger partial charge is 0.497 e. The number of methoxy groups -OCH3 is 1. The molecule has 8 nitrogen and oxygen atoms in total. The lowest BCUT2D eigenvalue weighted by atomic mass is 10.1. The van der Waals surface area contributed by atoms with Gasteiger partial charge >= 0.3 is 0 Å². The number of anilines is 1. The normalized spacial score (nSPS) is 13.5. The van der Waals surface area contributed by atoms with Gasteiger partial charge in [0.2, 0.25) is 0 Å². The topological polar surface area (TPSA) is 120 Å². The number of primary amides is 1. The van der Waals surface area contributed by atoms with Crippen molar-refractivity contribution >= 4 is 23.4 Å². The van der Waals surface area contributed by atoms with Crippen LogP contribution in [0.2, 0.25) is 0 Å². The molecule has 30 heavy (non-hydrogen) atoms. The first kappa shape index (κ1) is 21.2. The summed E-state index contributed by atoms with van der Waals surface area (Å²) >= 11 is 0. The molecule has 1 saturated carbocycles. The summed E-state index contributed by atoms with van der Waals surface area (Å²) in [5.74, 6) is -0.765. The summed E-state index contributed by atoms with van der Waals surface area (Å²) in [5, 5.41) is 5.70. The molecule has 2 aromatic rings. The average Bonchev–Trinajstić information content (AvgIpc) is 3.25. The highest BCUT2D eigenvalue weighted by Gasteiger charge is 2.20. The van der Waals surface area contributed by atoms with Crippen LogP contribution in [-0.2, 0) is 4.79 Å². The molecule has 3 amide bonds. The molecule has 0 aliphatic heterocycles. The van der Waals surface area contributed by atoms with E-state index in [2.05, 4.69) is 10.6 Å². The number of hydrogen-bond acceptors (Lipinski definition) is 5. The number of nitrogens with two attached hydrogens (primary N) is 1. The zero-order valence-corrected chi connectivity index (χ0v) is 16.8. The van der Waals surface area contributed by atoms with Gasteiger partial charge in [0.05, 0.1) is 23.9 Å². The first-order chi connectivity index (χ1) is 14.5. The Labute approximate surface area is 174 Å². The number of nitrogens with one attached hydrogen (secondary N) is 2. The monoisotopic (exact) mass is 411 g/mol. The molecular weight excluding hydrogens is 386 g/mol. The summed E-state index contributed by atoms with van der Waals surface area (Å²) in [6.45, 7) is -0.356. The molecule has 3 rings (SSSR count). The van der Waals surface area contributed by atoms with Crippen LogP contribution in [0.3, 0.4) is 0 Å². The quantitative estimate of drug-likeness (QED) is 0.616. The van der Waals surface area contributed by atoms with E-state index < -0.39 is 11.8 Å². The van der Waals surface area contributed by atoms with Crippen LogP contribution in [0.4, 0.5) is 5.69 Å². The maximum absolute atomic E-state index is 12.6. The third kappa shape index (κ3) is 5.28. The average molecular weight is 411 g/mol. The van der Waals surface area contributed by atoms with E-state index in [-0.39, 0.29) is 29.9 Å². The van der Waals surface area contributed by atoms with Crippen molar-refractivity contribution in [3.8, 4) is 11.5 Å². The first-order valence-electron chi connectivity index (χ1n) is 9.78. The number of carbonyl (C=O) groups excluding carboxylic acids is 3. The maximum atomic E-state index is 12.6. The second kappa shape index (κ2) is 9.78. The Kier molecular flexibility index (Phi) is 6.90. The summed E-state index contributed by atoms with van der Waals surface area (Å²) in [6.07, 6.45) is 4.16. The SMILES string of the molecule is COc1ccc(OCC(=O)Nc2ccccc2C(=O)NC2CCCC2)c(C(N)=O)c1. The molecule has 0 atom stereocenters. The van der Waals surface area contributed by atoms with Gasteiger partial charge in [-0.2, -0.15) is 0 Å². The summed E-state index contributed by atoms with van der Waals surface area (Å²) in [5.41, 5.74) is 6.26. The van der Waals surface area contributed by atoms with Gasteiger partial charge in [0, 0.05) is 6.04 Å². The number of amides is 3. The lowest BCUT2D eigenvalue weighted by molar-refractivity contribution is -0.118. The van der Waals surface area contributed by atoms with E-state index in [1.807, 2.05) is 0 Å². The predicted octanol–water partition coefficient (Wildman–Crippen LogP) is 2.48. The fourth-order valence-corrected chi connectivity index (χ4v) is 3.41. The Morgan fingerprint density at radius 2 is 1.80 bits per heavy atom. The van der Waals surface area contributed by atoms with E-state index in [0.29, 0.717) is 17.0 Å². The van der Waals surface area contributed by atoms with Gasteiger partial charge in [-0.15, -0.1) is 0 Å². The number of ether oxygens (including phenoxy) is 2. The minimum Gasteiger partial charge on any atom is -0.497 e. The molecule has 0 saturated heterocycles. The highest BCUT2D eigenvalue weighted by Crippen LogP contribution is 2.24. The van der Waals surface area contributed by atoms with E-state index in [0.717, 1.165) is 25.7 Å². The van der Waals surface area contributed by atoms with Crippen LogP contribution in [0.1, 0.15) is 46.4 Å². The van der Waals surface area contributed by atoms with Crippen molar-refractivity contribution in [1.29, 1.82) is 0 Å². The number of para-hydroxylation sites is 1. The summed E-state index contributed by atoms with van der Waals surface area (Å²) in [7, 11) is 1.47. The lowest BCUT2D eigenvalue weighted by Crippen LogP contribution is -2.33. The second-order valence-corrected chi connectivity index (χ2v) is 7.06. The van der Waals surface area contributed by atoms with Crippen LogP contribution in [0, 0.1) is 0 Å². The van der Waals surface area contributed by atoms with E-state index in [1.165, 1.54) is 19.2 Å². The molecule has 0 aromatic heterocycles. The molecule has 8 heteroatoms. The maximum Gasteiger partial charge on any atom is 0.262 e. The fraction of sp³-hybridized carbons (Fsp3) is 0.318. The zero-order chi connectivity index (χ0) is 21.5. The molecule has 1 fully saturated rings. The molecule has 0 radical (unpaired) electrons. The van der Waals surface area contributed by atoms with E-state index >= 15 is 0 Å². The Morgan fingerprint density at radius 3 is 2.50 bits per heavy atom. The molecule has 4 N–H and O–H groups in total. The second-order valence-electron chi connectivity index (χ2n) is 7.06. The van der Waals surface area contributed by atoms with Gasteiger partial charge in [0.25, 0.3) is 17.7 Å². The lowest BCUT2D eigenvalue weighted by Gasteiger charge is -2.15. The van der Waals surface area contributed by atoms with Gasteiger partial charge < -0.3 is 25.8 Å².